The second-order valence-corrected chi connectivity index (χ2v) is 3.47. The molecule has 0 aliphatic carbocycles. The first-order valence-electron chi connectivity index (χ1n) is 4.42. The van der Waals surface area contributed by atoms with Gasteiger partial charge in [-0.2, -0.15) is 11.8 Å². The number of rotatable bonds is 2. The van der Waals surface area contributed by atoms with E-state index in [0.717, 1.165) is 0 Å². The van der Waals surface area contributed by atoms with Gasteiger partial charge in [-0.05, 0) is 18.7 Å². The molecular weight excluding hydrogens is 164 g/mol. The zero-order valence-electron chi connectivity index (χ0n) is 8.37. The van der Waals surface area contributed by atoms with Crippen LogP contribution in [0.25, 0.3) is 0 Å². The summed E-state index contributed by atoms with van der Waals surface area (Å²) in [6.07, 6.45) is 2.14. The molecule has 0 spiro atoms. The van der Waals surface area contributed by atoms with Gasteiger partial charge in [0.1, 0.15) is 0 Å². The molecule has 0 radical (unpaired) electrons. The molecule has 1 atom stereocenters. The second-order valence-electron chi connectivity index (χ2n) is 2.29. The van der Waals surface area contributed by atoms with Gasteiger partial charge >= 0.3 is 0 Å². The van der Waals surface area contributed by atoms with Crippen LogP contribution in [0.5, 0.6) is 0 Å². The number of thioether (sulfide) groups is 1. The van der Waals surface area contributed by atoms with E-state index >= 15 is 0 Å². The first-order valence-corrected chi connectivity index (χ1v) is 5.71. The summed E-state index contributed by atoms with van der Waals surface area (Å²) < 4.78 is 0. The molecule has 0 aromatic heterocycles. The normalized spacial score (nSPS) is 11.3. The molecule has 0 aliphatic rings. The smallest absolute Gasteiger partial charge is 0.0266 e. The molecule has 0 bridgehead atoms. The second kappa shape index (κ2) is 7.23. The Kier molecular flexibility index (Phi) is 6.97. The monoisotopic (exact) mass is 182 g/mol. The van der Waals surface area contributed by atoms with E-state index in [2.05, 4.69) is 43.5 Å². The van der Waals surface area contributed by atoms with E-state index in [1.807, 2.05) is 25.6 Å². The maximum absolute atomic E-state index is 2.22. The summed E-state index contributed by atoms with van der Waals surface area (Å²) in [4.78, 5) is 0. The van der Waals surface area contributed by atoms with Gasteiger partial charge in [-0.3, -0.25) is 0 Å². The van der Waals surface area contributed by atoms with Crippen molar-refractivity contribution in [1.82, 2.24) is 0 Å². The first kappa shape index (κ1) is 11.6. The highest BCUT2D eigenvalue weighted by Gasteiger charge is 1.99. The van der Waals surface area contributed by atoms with Crippen molar-refractivity contribution >= 4 is 11.8 Å². The van der Waals surface area contributed by atoms with Gasteiger partial charge < -0.3 is 0 Å². The molecule has 0 amide bonds. The molecule has 1 aromatic rings. The van der Waals surface area contributed by atoms with Crippen molar-refractivity contribution in [2.45, 2.75) is 26.0 Å². The maximum atomic E-state index is 2.22. The molecule has 0 saturated carbocycles. The van der Waals surface area contributed by atoms with Crippen LogP contribution in [0.2, 0.25) is 0 Å². The highest BCUT2D eigenvalue weighted by Crippen LogP contribution is 2.24. The lowest BCUT2D eigenvalue weighted by molar-refractivity contribution is 1.10. The predicted octanol–water partition coefficient (Wildman–Crippen LogP) is 4.14. The van der Waals surface area contributed by atoms with Crippen LogP contribution in [0, 0.1) is 0 Å². The van der Waals surface area contributed by atoms with Gasteiger partial charge in [0.15, 0.2) is 0 Å². The highest BCUT2D eigenvalue weighted by molar-refractivity contribution is 7.98. The highest BCUT2D eigenvalue weighted by atomic mass is 32.2. The van der Waals surface area contributed by atoms with Crippen molar-refractivity contribution in [2.24, 2.45) is 0 Å². The van der Waals surface area contributed by atoms with E-state index in [9.17, 15) is 0 Å². The topological polar surface area (TPSA) is 0 Å². The molecule has 68 valence electrons. The minimum Gasteiger partial charge on any atom is -0.158 e. The lowest BCUT2D eigenvalue weighted by Gasteiger charge is -2.06. The molecule has 1 unspecified atom stereocenters. The number of hydrogen-bond acceptors (Lipinski definition) is 1. The fourth-order valence-electron chi connectivity index (χ4n) is 0.860. The third kappa shape index (κ3) is 3.82. The van der Waals surface area contributed by atoms with Crippen LogP contribution in [0.3, 0.4) is 0 Å². The van der Waals surface area contributed by atoms with E-state index in [1.54, 1.807) is 0 Å². The van der Waals surface area contributed by atoms with Crippen molar-refractivity contribution in [3.05, 3.63) is 35.9 Å². The zero-order chi connectivity index (χ0) is 9.40. The zero-order valence-corrected chi connectivity index (χ0v) is 9.19. The summed E-state index contributed by atoms with van der Waals surface area (Å²) >= 11 is 1.88. The Labute approximate surface area is 80.4 Å². The van der Waals surface area contributed by atoms with E-state index < -0.39 is 0 Å². The predicted molar refractivity (Wildman–Crippen MR) is 59.7 cm³/mol. The van der Waals surface area contributed by atoms with Crippen LogP contribution >= 0.6 is 11.8 Å². The molecule has 1 heteroatoms. The SMILES string of the molecule is CC.CSC(C)c1ccccc1. The first-order chi connectivity index (χ1) is 5.84. The van der Waals surface area contributed by atoms with Gasteiger partial charge in [0.25, 0.3) is 0 Å². The van der Waals surface area contributed by atoms with Crippen molar-refractivity contribution < 1.29 is 0 Å². The molecule has 1 rings (SSSR count). The van der Waals surface area contributed by atoms with Gasteiger partial charge in [-0.25, -0.2) is 0 Å². The fraction of sp³-hybridized carbons (Fsp3) is 0.455. The van der Waals surface area contributed by atoms with Crippen molar-refractivity contribution in [3.63, 3.8) is 0 Å². The Morgan fingerprint density at radius 1 is 1.08 bits per heavy atom. The number of hydrogen-bond donors (Lipinski definition) is 0. The molecule has 0 nitrogen and oxygen atoms in total. The summed E-state index contributed by atoms with van der Waals surface area (Å²) in [5.74, 6) is 0. The van der Waals surface area contributed by atoms with Gasteiger partial charge in [0.05, 0.1) is 0 Å². The van der Waals surface area contributed by atoms with Crippen LogP contribution in [-0.2, 0) is 0 Å². The number of benzene rings is 1. The van der Waals surface area contributed by atoms with Crippen LogP contribution in [-0.4, -0.2) is 6.26 Å². The van der Waals surface area contributed by atoms with Gasteiger partial charge in [-0.1, -0.05) is 44.2 Å². The van der Waals surface area contributed by atoms with Crippen LogP contribution in [0.15, 0.2) is 30.3 Å². The molecule has 1 aromatic carbocycles. The minimum absolute atomic E-state index is 0.626. The van der Waals surface area contributed by atoms with E-state index in [-0.39, 0.29) is 0 Å². The lowest BCUT2D eigenvalue weighted by Crippen LogP contribution is -1.84. The van der Waals surface area contributed by atoms with Gasteiger partial charge in [0.2, 0.25) is 0 Å². The van der Waals surface area contributed by atoms with E-state index in [4.69, 9.17) is 0 Å². The Balaban J connectivity index is 0.000000561. The standard InChI is InChI=1S/C9H12S.C2H6/c1-8(10-2)9-6-4-3-5-7-9;1-2/h3-8H,1-2H3;1-2H3. The largest absolute Gasteiger partial charge is 0.158 e. The average Bonchev–Trinajstić information content (AvgIpc) is 2.21. The van der Waals surface area contributed by atoms with Gasteiger partial charge in [-0.15, -0.1) is 0 Å². The fourth-order valence-corrected chi connectivity index (χ4v) is 1.29. The summed E-state index contributed by atoms with van der Waals surface area (Å²) in [7, 11) is 0. The third-order valence-corrected chi connectivity index (χ3v) is 2.60. The lowest BCUT2D eigenvalue weighted by atomic mass is 10.2. The average molecular weight is 182 g/mol. The molecule has 0 saturated heterocycles. The summed E-state index contributed by atoms with van der Waals surface area (Å²) in [5, 5.41) is 0.626. The molecule has 0 heterocycles. The quantitative estimate of drug-likeness (QED) is 0.662. The Morgan fingerprint density at radius 3 is 2.00 bits per heavy atom. The molecule has 0 N–H and O–H groups in total. The van der Waals surface area contributed by atoms with Crippen LogP contribution in [0.1, 0.15) is 31.6 Å². The third-order valence-electron chi connectivity index (χ3n) is 1.62. The van der Waals surface area contributed by atoms with Crippen LogP contribution < -0.4 is 0 Å². The van der Waals surface area contributed by atoms with Crippen molar-refractivity contribution in [1.29, 1.82) is 0 Å². The summed E-state index contributed by atoms with van der Waals surface area (Å²) in [6.45, 7) is 6.22. The Bertz CT molecular complexity index is 181. The molecular formula is C11H18S. The minimum atomic E-state index is 0.626. The molecule has 0 aliphatic heterocycles. The summed E-state index contributed by atoms with van der Waals surface area (Å²) in [6, 6.07) is 10.6. The Morgan fingerprint density at radius 2 is 1.58 bits per heavy atom. The van der Waals surface area contributed by atoms with E-state index in [0.29, 0.717) is 5.25 Å². The molecule has 0 fully saturated rings. The Hall–Kier alpha value is -0.430. The van der Waals surface area contributed by atoms with Crippen molar-refractivity contribution in [3.8, 4) is 0 Å². The molecule has 12 heavy (non-hydrogen) atoms. The van der Waals surface area contributed by atoms with Gasteiger partial charge in [0, 0.05) is 5.25 Å². The summed E-state index contributed by atoms with van der Waals surface area (Å²) in [5.41, 5.74) is 1.41. The van der Waals surface area contributed by atoms with Crippen molar-refractivity contribution in [2.75, 3.05) is 6.26 Å². The van der Waals surface area contributed by atoms with Crippen LogP contribution in [0.4, 0.5) is 0 Å². The maximum Gasteiger partial charge on any atom is 0.0266 e. The van der Waals surface area contributed by atoms with E-state index in [1.165, 1.54) is 5.56 Å².